The highest BCUT2D eigenvalue weighted by molar-refractivity contribution is 5.85. The molecule has 0 amide bonds. The molecule has 0 bridgehead atoms. The highest BCUT2D eigenvalue weighted by Gasteiger charge is 2.22. The molecule has 0 aromatic rings. The number of hydrogen-bond donors (Lipinski definition) is 1. The second-order valence-electron chi connectivity index (χ2n) is 5.86. The van der Waals surface area contributed by atoms with Crippen molar-refractivity contribution in [3.63, 3.8) is 0 Å². The predicted molar refractivity (Wildman–Crippen MR) is 87.7 cm³/mol. The highest BCUT2D eigenvalue weighted by Crippen LogP contribution is 2.22. The Bertz CT molecular complexity index is 209. The number of β-amino-alcohol motifs (C(OH)–C–C–N with tert-alkyl or cyclic N) is 1. The minimum Gasteiger partial charge on any atom is -0.395 e. The average molecular weight is 308 g/mol. The standard InChI is InChI=1S/C16H33NO2.ClH/c1-3-6-15(7-4-2)8-5-9-16-14-19-13-11-17(16)10-12-18;/h15-16,18H,3-14H2,1-2H3;1H/t16-;/m1./s1. The number of halogens is 1. The van der Waals surface area contributed by atoms with Gasteiger partial charge in [-0.25, -0.2) is 0 Å². The highest BCUT2D eigenvalue weighted by atomic mass is 35.5. The molecule has 1 aliphatic rings. The molecule has 4 heteroatoms. The molecule has 0 radical (unpaired) electrons. The average Bonchev–Trinajstić information content (AvgIpc) is 2.41. The maximum absolute atomic E-state index is 9.11. The van der Waals surface area contributed by atoms with Gasteiger partial charge in [0.2, 0.25) is 0 Å². The van der Waals surface area contributed by atoms with Crippen LogP contribution in [-0.2, 0) is 4.74 Å². The van der Waals surface area contributed by atoms with Crippen LogP contribution in [0.5, 0.6) is 0 Å². The van der Waals surface area contributed by atoms with Crippen LogP contribution in [0.3, 0.4) is 0 Å². The normalized spacial score (nSPS) is 20.1. The van der Waals surface area contributed by atoms with E-state index in [0.29, 0.717) is 6.04 Å². The number of nitrogens with zero attached hydrogens (tertiary/aromatic N) is 1. The van der Waals surface area contributed by atoms with Crippen molar-refractivity contribution in [2.24, 2.45) is 5.92 Å². The Morgan fingerprint density at radius 1 is 1.20 bits per heavy atom. The van der Waals surface area contributed by atoms with Gasteiger partial charge in [0.1, 0.15) is 0 Å². The van der Waals surface area contributed by atoms with E-state index < -0.39 is 0 Å². The molecule has 1 atom stereocenters. The Morgan fingerprint density at radius 3 is 2.50 bits per heavy atom. The first-order chi connectivity index (χ1) is 9.31. The number of ether oxygens (including phenoxy) is 1. The molecule has 1 saturated heterocycles. The predicted octanol–water partition coefficient (Wildman–Crippen LogP) is 3.49. The van der Waals surface area contributed by atoms with Crippen molar-refractivity contribution >= 4 is 12.4 Å². The fraction of sp³-hybridized carbons (Fsp3) is 1.00. The summed E-state index contributed by atoms with van der Waals surface area (Å²) in [6, 6.07) is 0.532. The topological polar surface area (TPSA) is 32.7 Å². The SMILES string of the molecule is CCCC(CCC)CCC[C@@H]1COCCN1CCO.Cl. The van der Waals surface area contributed by atoms with Gasteiger partial charge in [-0.3, -0.25) is 4.90 Å². The molecule has 20 heavy (non-hydrogen) atoms. The van der Waals surface area contributed by atoms with Crippen LogP contribution in [0.15, 0.2) is 0 Å². The zero-order valence-electron chi connectivity index (χ0n) is 13.4. The van der Waals surface area contributed by atoms with E-state index in [9.17, 15) is 0 Å². The molecule has 0 aromatic heterocycles. The van der Waals surface area contributed by atoms with Crippen molar-refractivity contribution in [3.8, 4) is 0 Å². The summed E-state index contributed by atoms with van der Waals surface area (Å²) in [6.07, 6.45) is 9.29. The van der Waals surface area contributed by atoms with Crippen LogP contribution in [0.1, 0.15) is 58.8 Å². The molecule has 0 aliphatic carbocycles. The van der Waals surface area contributed by atoms with Crippen molar-refractivity contribution in [1.82, 2.24) is 4.90 Å². The maximum Gasteiger partial charge on any atom is 0.0622 e. The van der Waals surface area contributed by atoms with Crippen LogP contribution in [0.25, 0.3) is 0 Å². The number of rotatable bonds is 10. The van der Waals surface area contributed by atoms with Crippen LogP contribution >= 0.6 is 12.4 Å². The van der Waals surface area contributed by atoms with E-state index in [1.54, 1.807) is 0 Å². The molecule has 1 rings (SSSR count). The fourth-order valence-corrected chi connectivity index (χ4v) is 3.27. The van der Waals surface area contributed by atoms with Crippen LogP contribution in [0.4, 0.5) is 0 Å². The molecule has 0 saturated carbocycles. The van der Waals surface area contributed by atoms with E-state index >= 15 is 0 Å². The lowest BCUT2D eigenvalue weighted by Crippen LogP contribution is -2.46. The maximum atomic E-state index is 9.11. The zero-order chi connectivity index (χ0) is 13.9. The van der Waals surface area contributed by atoms with Gasteiger partial charge in [0.25, 0.3) is 0 Å². The van der Waals surface area contributed by atoms with Crippen molar-refractivity contribution in [3.05, 3.63) is 0 Å². The lowest BCUT2D eigenvalue weighted by molar-refractivity contribution is -0.0174. The summed E-state index contributed by atoms with van der Waals surface area (Å²) < 4.78 is 5.59. The Hall–Kier alpha value is 0.170. The lowest BCUT2D eigenvalue weighted by atomic mass is 9.91. The lowest BCUT2D eigenvalue weighted by Gasteiger charge is -2.35. The Kier molecular flexibility index (Phi) is 13.0. The molecule has 3 nitrogen and oxygen atoms in total. The zero-order valence-corrected chi connectivity index (χ0v) is 14.2. The fourth-order valence-electron chi connectivity index (χ4n) is 3.27. The van der Waals surface area contributed by atoms with Crippen molar-refractivity contribution in [2.75, 3.05) is 32.9 Å². The number of aliphatic hydroxyl groups excluding tert-OH is 1. The smallest absolute Gasteiger partial charge is 0.0622 e. The summed E-state index contributed by atoms with van der Waals surface area (Å²) >= 11 is 0. The molecule has 1 aliphatic heterocycles. The summed E-state index contributed by atoms with van der Waals surface area (Å²) in [4.78, 5) is 2.40. The summed E-state index contributed by atoms with van der Waals surface area (Å²) in [5.74, 6) is 0.922. The summed E-state index contributed by atoms with van der Waals surface area (Å²) in [5, 5.41) is 9.11. The summed E-state index contributed by atoms with van der Waals surface area (Å²) in [6.45, 7) is 8.32. The summed E-state index contributed by atoms with van der Waals surface area (Å²) in [5.41, 5.74) is 0. The van der Waals surface area contributed by atoms with E-state index in [1.165, 1.54) is 44.9 Å². The van der Waals surface area contributed by atoms with Crippen molar-refractivity contribution in [1.29, 1.82) is 0 Å². The molecule has 1 N–H and O–H groups in total. The van der Waals surface area contributed by atoms with Gasteiger partial charge in [-0.05, 0) is 12.3 Å². The van der Waals surface area contributed by atoms with E-state index in [1.807, 2.05) is 0 Å². The third-order valence-electron chi connectivity index (χ3n) is 4.28. The van der Waals surface area contributed by atoms with Crippen molar-refractivity contribution < 1.29 is 9.84 Å². The second kappa shape index (κ2) is 12.9. The van der Waals surface area contributed by atoms with Gasteiger partial charge < -0.3 is 9.84 Å². The first-order valence-corrected chi connectivity index (χ1v) is 8.24. The van der Waals surface area contributed by atoms with Crippen LogP contribution in [0, 0.1) is 5.92 Å². The third-order valence-corrected chi connectivity index (χ3v) is 4.28. The molecule has 1 heterocycles. The van der Waals surface area contributed by atoms with Gasteiger partial charge in [-0.2, -0.15) is 0 Å². The van der Waals surface area contributed by atoms with Crippen LogP contribution in [-0.4, -0.2) is 49.0 Å². The quantitative estimate of drug-likeness (QED) is 0.670. The first-order valence-electron chi connectivity index (χ1n) is 8.24. The third kappa shape index (κ3) is 7.82. The van der Waals surface area contributed by atoms with E-state index in [2.05, 4.69) is 18.7 Å². The number of aliphatic hydroxyl groups is 1. The van der Waals surface area contributed by atoms with Crippen LogP contribution in [0.2, 0.25) is 0 Å². The Morgan fingerprint density at radius 2 is 1.90 bits per heavy atom. The first kappa shape index (κ1) is 20.2. The van der Waals surface area contributed by atoms with E-state index in [4.69, 9.17) is 9.84 Å². The molecule has 0 unspecified atom stereocenters. The monoisotopic (exact) mass is 307 g/mol. The van der Waals surface area contributed by atoms with Crippen LogP contribution < -0.4 is 0 Å². The molecule has 122 valence electrons. The number of morpholine rings is 1. The largest absolute Gasteiger partial charge is 0.395 e. The van der Waals surface area contributed by atoms with Gasteiger partial charge >= 0.3 is 0 Å². The number of hydrogen-bond acceptors (Lipinski definition) is 3. The van der Waals surface area contributed by atoms with E-state index in [0.717, 1.165) is 32.2 Å². The van der Waals surface area contributed by atoms with Gasteiger partial charge in [-0.15, -0.1) is 12.4 Å². The minimum atomic E-state index is 0. The second-order valence-corrected chi connectivity index (χ2v) is 5.86. The summed E-state index contributed by atoms with van der Waals surface area (Å²) in [7, 11) is 0. The molecule has 0 spiro atoms. The van der Waals surface area contributed by atoms with Gasteiger partial charge in [0.05, 0.1) is 19.8 Å². The van der Waals surface area contributed by atoms with Gasteiger partial charge in [0.15, 0.2) is 0 Å². The molecular formula is C16H34ClNO2. The molecule has 1 fully saturated rings. The van der Waals surface area contributed by atoms with E-state index in [-0.39, 0.29) is 19.0 Å². The van der Waals surface area contributed by atoms with Gasteiger partial charge in [0, 0.05) is 19.1 Å². The molecular weight excluding hydrogens is 274 g/mol. The minimum absolute atomic E-state index is 0. The van der Waals surface area contributed by atoms with Gasteiger partial charge in [-0.1, -0.05) is 52.4 Å². The van der Waals surface area contributed by atoms with Crippen molar-refractivity contribution in [2.45, 2.75) is 64.8 Å². The Labute approximate surface area is 131 Å². The Balaban J connectivity index is 0.00000361. The molecule has 0 aromatic carbocycles.